The SMILES string of the molecule is CCCCSCCC(=O)NCC(=O)Nc1ccc(Br)c(C)c1. The second-order valence-corrected chi connectivity index (χ2v) is 7.08. The molecule has 0 heterocycles. The lowest BCUT2D eigenvalue weighted by Gasteiger charge is -2.08. The summed E-state index contributed by atoms with van der Waals surface area (Å²) in [7, 11) is 0. The van der Waals surface area contributed by atoms with Crippen molar-refractivity contribution < 1.29 is 9.59 Å². The molecule has 2 amide bonds. The number of amides is 2. The van der Waals surface area contributed by atoms with E-state index < -0.39 is 0 Å². The molecule has 0 saturated heterocycles. The van der Waals surface area contributed by atoms with Gasteiger partial charge in [-0.15, -0.1) is 0 Å². The Balaban J connectivity index is 2.22. The highest BCUT2D eigenvalue weighted by molar-refractivity contribution is 9.10. The Kier molecular flexibility index (Phi) is 9.24. The summed E-state index contributed by atoms with van der Waals surface area (Å²) in [6, 6.07) is 5.59. The molecule has 0 fully saturated rings. The normalized spacial score (nSPS) is 10.3. The fourth-order valence-electron chi connectivity index (χ4n) is 1.71. The predicted molar refractivity (Wildman–Crippen MR) is 97.4 cm³/mol. The largest absolute Gasteiger partial charge is 0.347 e. The molecule has 22 heavy (non-hydrogen) atoms. The van der Waals surface area contributed by atoms with Gasteiger partial charge in [-0.1, -0.05) is 29.3 Å². The molecule has 0 radical (unpaired) electrons. The first-order chi connectivity index (χ1) is 10.5. The zero-order chi connectivity index (χ0) is 16.4. The number of unbranched alkanes of at least 4 members (excludes halogenated alkanes) is 1. The third-order valence-corrected chi connectivity index (χ3v) is 4.96. The van der Waals surface area contributed by atoms with Crippen LogP contribution in [-0.4, -0.2) is 29.9 Å². The smallest absolute Gasteiger partial charge is 0.243 e. The van der Waals surface area contributed by atoms with Gasteiger partial charge in [-0.05, 0) is 42.9 Å². The lowest BCUT2D eigenvalue weighted by Crippen LogP contribution is -2.33. The molecule has 2 N–H and O–H groups in total. The van der Waals surface area contributed by atoms with Crippen molar-refractivity contribution in [2.24, 2.45) is 0 Å². The molecular formula is C16H23BrN2O2S. The van der Waals surface area contributed by atoms with Gasteiger partial charge in [0.2, 0.25) is 11.8 Å². The first-order valence-electron chi connectivity index (χ1n) is 7.43. The van der Waals surface area contributed by atoms with E-state index in [1.807, 2.05) is 25.1 Å². The topological polar surface area (TPSA) is 58.2 Å². The summed E-state index contributed by atoms with van der Waals surface area (Å²) in [5.41, 5.74) is 1.78. The number of benzene rings is 1. The maximum Gasteiger partial charge on any atom is 0.243 e. The fraction of sp³-hybridized carbons (Fsp3) is 0.500. The van der Waals surface area contributed by atoms with E-state index >= 15 is 0 Å². The summed E-state index contributed by atoms with van der Waals surface area (Å²) in [5.74, 6) is 1.60. The van der Waals surface area contributed by atoms with Crippen LogP contribution in [0.3, 0.4) is 0 Å². The molecule has 0 aliphatic carbocycles. The Bertz CT molecular complexity index is 509. The third-order valence-electron chi connectivity index (χ3n) is 3.00. The molecule has 6 heteroatoms. The van der Waals surface area contributed by atoms with E-state index in [0.29, 0.717) is 6.42 Å². The monoisotopic (exact) mass is 386 g/mol. The van der Waals surface area contributed by atoms with E-state index in [2.05, 4.69) is 33.5 Å². The number of halogens is 1. The second-order valence-electron chi connectivity index (χ2n) is 5.00. The first-order valence-corrected chi connectivity index (χ1v) is 9.38. The van der Waals surface area contributed by atoms with Crippen molar-refractivity contribution in [3.05, 3.63) is 28.2 Å². The van der Waals surface area contributed by atoms with Crippen LogP contribution in [0.5, 0.6) is 0 Å². The van der Waals surface area contributed by atoms with Gasteiger partial charge >= 0.3 is 0 Å². The minimum atomic E-state index is -0.214. The van der Waals surface area contributed by atoms with Crippen LogP contribution in [0.25, 0.3) is 0 Å². The number of aryl methyl sites for hydroxylation is 1. The maximum absolute atomic E-state index is 11.8. The molecule has 0 aromatic heterocycles. The average molecular weight is 387 g/mol. The summed E-state index contributed by atoms with van der Waals surface area (Å²) in [4.78, 5) is 23.4. The molecule has 0 atom stereocenters. The number of carbonyl (C=O) groups excluding carboxylic acids is 2. The first kappa shape index (κ1) is 19.0. The fourth-order valence-corrected chi connectivity index (χ4v) is 2.98. The van der Waals surface area contributed by atoms with E-state index in [0.717, 1.165) is 27.2 Å². The molecule has 0 aliphatic rings. The van der Waals surface area contributed by atoms with Crippen molar-refractivity contribution in [3.63, 3.8) is 0 Å². The molecule has 0 saturated carbocycles. The standard InChI is InChI=1S/C16H23BrN2O2S/c1-3-4-8-22-9-7-15(20)18-11-16(21)19-13-5-6-14(17)12(2)10-13/h5-6,10H,3-4,7-9,11H2,1-2H3,(H,18,20)(H,19,21). The van der Waals surface area contributed by atoms with Crippen molar-refractivity contribution >= 4 is 45.2 Å². The maximum atomic E-state index is 11.8. The van der Waals surface area contributed by atoms with Gasteiger partial charge < -0.3 is 10.6 Å². The summed E-state index contributed by atoms with van der Waals surface area (Å²) in [5, 5.41) is 5.42. The highest BCUT2D eigenvalue weighted by Gasteiger charge is 2.06. The Hall–Kier alpha value is -1.01. The third kappa shape index (κ3) is 7.84. The molecule has 0 aliphatic heterocycles. The molecule has 0 spiro atoms. The molecule has 0 unspecified atom stereocenters. The van der Waals surface area contributed by atoms with E-state index in [1.165, 1.54) is 12.8 Å². The van der Waals surface area contributed by atoms with Crippen molar-refractivity contribution in [2.45, 2.75) is 33.1 Å². The van der Waals surface area contributed by atoms with Crippen LogP contribution in [0, 0.1) is 6.92 Å². The number of carbonyl (C=O) groups is 2. The highest BCUT2D eigenvalue weighted by Crippen LogP contribution is 2.19. The minimum Gasteiger partial charge on any atom is -0.347 e. The van der Waals surface area contributed by atoms with Crippen LogP contribution in [0.2, 0.25) is 0 Å². The lowest BCUT2D eigenvalue weighted by molar-refractivity contribution is -0.123. The Labute approximate surface area is 144 Å². The molecule has 1 aromatic carbocycles. The van der Waals surface area contributed by atoms with E-state index in [4.69, 9.17) is 0 Å². The van der Waals surface area contributed by atoms with Crippen molar-refractivity contribution in [1.82, 2.24) is 5.32 Å². The summed E-state index contributed by atoms with van der Waals surface area (Å²) < 4.78 is 0.999. The van der Waals surface area contributed by atoms with E-state index in [-0.39, 0.29) is 18.4 Å². The number of rotatable bonds is 9. The minimum absolute atomic E-state index is 0.00751. The van der Waals surface area contributed by atoms with Gasteiger partial charge in [0.1, 0.15) is 0 Å². The Morgan fingerprint density at radius 2 is 2.00 bits per heavy atom. The zero-order valence-corrected chi connectivity index (χ0v) is 15.5. The van der Waals surface area contributed by atoms with Gasteiger partial charge in [0.05, 0.1) is 6.54 Å². The van der Waals surface area contributed by atoms with Gasteiger partial charge in [0, 0.05) is 22.3 Å². The van der Waals surface area contributed by atoms with E-state index in [9.17, 15) is 9.59 Å². The summed E-state index contributed by atoms with van der Waals surface area (Å²) >= 11 is 5.19. The molecule has 4 nitrogen and oxygen atoms in total. The van der Waals surface area contributed by atoms with E-state index in [1.54, 1.807) is 11.8 Å². The molecule has 1 rings (SSSR count). The number of hydrogen-bond acceptors (Lipinski definition) is 3. The van der Waals surface area contributed by atoms with Gasteiger partial charge in [-0.3, -0.25) is 9.59 Å². The van der Waals surface area contributed by atoms with Crippen LogP contribution >= 0.6 is 27.7 Å². The molecule has 0 bridgehead atoms. The lowest BCUT2D eigenvalue weighted by atomic mass is 10.2. The van der Waals surface area contributed by atoms with Crippen molar-refractivity contribution in [2.75, 3.05) is 23.4 Å². The number of nitrogens with one attached hydrogen (secondary N) is 2. The van der Waals surface area contributed by atoms with Gasteiger partial charge in [-0.2, -0.15) is 11.8 Å². The molecule has 122 valence electrons. The van der Waals surface area contributed by atoms with Crippen LogP contribution in [0.1, 0.15) is 31.7 Å². The van der Waals surface area contributed by atoms with Crippen LogP contribution in [0.4, 0.5) is 5.69 Å². The highest BCUT2D eigenvalue weighted by atomic mass is 79.9. The molecule has 1 aromatic rings. The van der Waals surface area contributed by atoms with Crippen LogP contribution < -0.4 is 10.6 Å². The van der Waals surface area contributed by atoms with Crippen LogP contribution in [-0.2, 0) is 9.59 Å². The molecular weight excluding hydrogens is 364 g/mol. The van der Waals surface area contributed by atoms with Crippen LogP contribution in [0.15, 0.2) is 22.7 Å². The quantitative estimate of drug-likeness (QED) is 0.635. The van der Waals surface area contributed by atoms with Gasteiger partial charge in [0.25, 0.3) is 0 Å². The summed E-state index contributed by atoms with van der Waals surface area (Å²) in [6.45, 7) is 4.12. The second kappa shape index (κ2) is 10.7. The van der Waals surface area contributed by atoms with Crippen molar-refractivity contribution in [3.8, 4) is 0 Å². The Morgan fingerprint density at radius 1 is 1.23 bits per heavy atom. The Morgan fingerprint density at radius 3 is 2.68 bits per heavy atom. The number of hydrogen-bond donors (Lipinski definition) is 2. The zero-order valence-electron chi connectivity index (χ0n) is 13.1. The predicted octanol–water partition coefficient (Wildman–Crippen LogP) is 3.74. The van der Waals surface area contributed by atoms with Crippen molar-refractivity contribution in [1.29, 1.82) is 0 Å². The average Bonchev–Trinajstić information content (AvgIpc) is 2.49. The van der Waals surface area contributed by atoms with Gasteiger partial charge in [0.15, 0.2) is 0 Å². The number of thioether (sulfide) groups is 1. The number of anilines is 1. The van der Waals surface area contributed by atoms with Gasteiger partial charge in [-0.25, -0.2) is 0 Å². The summed E-state index contributed by atoms with van der Waals surface area (Å²) in [6.07, 6.45) is 2.81.